The van der Waals surface area contributed by atoms with Gasteiger partial charge in [-0.25, -0.2) is 0 Å². The topological polar surface area (TPSA) is 27.6 Å². The van der Waals surface area contributed by atoms with Crippen LogP contribution in [0.25, 0.3) is 0 Å². The molecule has 0 aromatic heterocycles. The van der Waals surface area contributed by atoms with Gasteiger partial charge in [-0.2, -0.15) is 0 Å². The van der Waals surface area contributed by atoms with E-state index in [1.807, 2.05) is 0 Å². The molecule has 3 heteroatoms. The largest absolute Gasteiger partial charge is 0.343 e. The summed E-state index contributed by atoms with van der Waals surface area (Å²) in [6.07, 6.45) is 3.69. The van der Waals surface area contributed by atoms with Crippen LogP contribution in [-0.2, 0) is 0 Å². The smallest absolute Gasteiger partial charge is 0.126 e. The van der Waals surface area contributed by atoms with Gasteiger partial charge in [0.15, 0.2) is 0 Å². The van der Waals surface area contributed by atoms with Gasteiger partial charge in [-0.05, 0) is 6.42 Å². The summed E-state index contributed by atoms with van der Waals surface area (Å²) in [5, 5.41) is 0.882. The van der Waals surface area contributed by atoms with Crippen LogP contribution < -0.4 is 5.31 Å². The van der Waals surface area contributed by atoms with Gasteiger partial charge in [-0.3, -0.25) is 10.3 Å². The van der Waals surface area contributed by atoms with E-state index in [9.17, 15) is 0 Å². The first-order valence-corrected chi connectivity index (χ1v) is 4.88. The summed E-state index contributed by atoms with van der Waals surface area (Å²) in [6.45, 7) is 11.2. The van der Waals surface area contributed by atoms with E-state index in [4.69, 9.17) is 4.15 Å². The lowest BCUT2D eigenvalue weighted by Gasteiger charge is -2.35. The SMILES string of the molecule is [2H]N1C([2H])(CC=C)N=CN(CC=C)C1([2H])CC=C. The second-order valence-electron chi connectivity index (χ2n) is 3.12. The van der Waals surface area contributed by atoms with Crippen LogP contribution in [0.5, 0.6) is 0 Å². The van der Waals surface area contributed by atoms with Crippen molar-refractivity contribution in [2.24, 2.45) is 4.99 Å². The molecule has 0 aromatic carbocycles. The molecule has 1 heterocycles. The Balaban J connectivity index is 3.16. The molecule has 1 aliphatic rings. The zero-order valence-electron chi connectivity index (χ0n) is 11.9. The van der Waals surface area contributed by atoms with Gasteiger partial charge < -0.3 is 4.90 Å². The molecule has 3 nitrogen and oxygen atoms in total. The van der Waals surface area contributed by atoms with Crippen LogP contribution in [0.3, 0.4) is 0 Å². The minimum atomic E-state index is -1.51. The van der Waals surface area contributed by atoms with Crippen LogP contribution in [0, 0.1) is 0 Å². The van der Waals surface area contributed by atoms with Crippen molar-refractivity contribution >= 4 is 6.34 Å². The third kappa shape index (κ3) is 3.36. The molecule has 0 amide bonds. The van der Waals surface area contributed by atoms with Gasteiger partial charge in [0, 0.05) is 13.0 Å². The molecule has 2 atom stereocenters. The lowest BCUT2D eigenvalue weighted by atomic mass is 10.2. The fourth-order valence-corrected chi connectivity index (χ4v) is 1.26. The number of hydrogen-bond acceptors (Lipinski definition) is 3. The normalized spacial score (nSPS) is 38.9. The Morgan fingerprint density at radius 1 is 1.40 bits per heavy atom. The van der Waals surface area contributed by atoms with Crippen molar-refractivity contribution in [3.05, 3.63) is 38.0 Å². The standard InChI is InChI=1S/C12H19N3/c1-4-7-11-13-10-15(9-6-3)12(14-11)8-5-2/h4-6,10-12,14H,1-3,7-9H2/i11D,12D/hD. The van der Waals surface area contributed by atoms with Gasteiger partial charge in [-0.15, -0.1) is 19.7 Å². The summed E-state index contributed by atoms with van der Waals surface area (Å²) in [5.41, 5.74) is 0. The van der Waals surface area contributed by atoms with E-state index in [0.717, 1.165) is 5.31 Å². The lowest BCUT2D eigenvalue weighted by molar-refractivity contribution is 0.244. The summed E-state index contributed by atoms with van der Waals surface area (Å²) >= 11 is 0. The summed E-state index contributed by atoms with van der Waals surface area (Å²) in [4.78, 5) is 5.60. The predicted molar refractivity (Wildman–Crippen MR) is 65.7 cm³/mol. The number of rotatable bonds is 6. The average Bonchev–Trinajstić information content (AvgIpc) is 2.32. The highest BCUT2D eigenvalue weighted by molar-refractivity contribution is 5.57. The first kappa shape index (κ1) is 7.88. The molecular weight excluding hydrogens is 186 g/mol. The summed E-state index contributed by atoms with van der Waals surface area (Å²) in [7, 11) is 0. The molecule has 1 rings (SSSR count). The van der Waals surface area contributed by atoms with Crippen LogP contribution in [0.1, 0.15) is 15.6 Å². The van der Waals surface area contributed by atoms with E-state index in [1.54, 1.807) is 17.1 Å². The lowest BCUT2D eigenvalue weighted by Crippen LogP contribution is -2.52. The summed E-state index contributed by atoms with van der Waals surface area (Å²) in [6, 6.07) is 0. The van der Waals surface area contributed by atoms with Gasteiger partial charge in [0.2, 0.25) is 0 Å². The molecule has 0 fully saturated rings. The van der Waals surface area contributed by atoms with Gasteiger partial charge in [0.25, 0.3) is 0 Å². The average molecular weight is 208 g/mol. The van der Waals surface area contributed by atoms with Crippen molar-refractivity contribution in [2.45, 2.75) is 25.1 Å². The Morgan fingerprint density at radius 2 is 2.13 bits per heavy atom. The molecular formula is C12H19N3. The molecule has 82 valence electrons. The Morgan fingerprint density at radius 3 is 2.73 bits per heavy atom. The van der Waals surface area contributed by atoms with Gasteiger partial charge in [0.05, 0.1) is 15.2 Å². The molecule has 1 N–H and O–H groups in total. The van der Waals surface area contributed by atoms with Gasteiger partial charge in [-0.1, -0.05) is 18.2 Å². The highest BCUT2D eigenvalue weighted by Gasteiger charge is 2.20. The molecule has 0 radical (unpaired) electrons. The molecule has 0 aliphatic carbocycles. The number of nitrogens with one attached hydrogen (secondary N) is 1. The Bertz CT molecular complexity index is 372. The van der Waals surface area contributed by atoms with Gasteiger partial charge >= 0.3 is 0 Å². The predicted octanol–water partition coefficient (Wildman–Crippen LogP) is 1.91. The van der Waals surface area contributed by atoms with Crippen LogP contribution in [0.2, 0.25) is 1.41 Å². The Kier molecular flexibility index (Phi) is 3.25. The molecule has 0 saturated heterocycles. The van der Waals surface area contributed by atoms with Crippen molar-refractivity contribution in [2.75, 3.05) is 6.54 Å². The van der Waals surface area contributed by atoms with Crippen LogP contribution in [-0.4, -0.2) is 30.1 Å². The molecule has 0 saturated carbocycles. The molecule has 15 heavy (non-hydrogen) atoms. The van der Waals surface area contributed by atoms with Crippen molar-refractivity contribution in [1.82, 2.24) is 10.2 Å². The number of nitrogens with zero attached hydrogens (tertiary/aromatic N) is 2. The molecule has 0 aromatic rings. The third-order valence-electron chi connectivity index (χ3n) is 1.92. The fourth-order valence-electron chi connectivity index (χ4n) is 1.26. The first-order valence-electron chi connectivity index (χ1n) is 6.33. The fraction of sp³-hybridized carbons (Fsp3) is 0.417. The Hall–Kier alpha value is -1.35. The van der Waals surface area contributed by atoms with Crippen molar-refractivity contribution in [3.8, 4) is 0 Å². The molecule has 0 spiro atoms. The highest BCUT2D eigenvalue weighted by Crippen LogP contribution is 2.09. The first-order chi connectivity index (χ1) is 8.44. The van der Waals surface area contributed by atoms with E-state index in [0.29, 0.717) is 6.54 Å². The van der Waals surface area contributed by atoms with Gasteiger partial charge in [0.1, 0.15) is 7.55 Å². The second-order valence-corrected chi connectivity index (χ2v) is 3.12. The van der Waals surface area contributed by atoms with E-state index in [2.05, 4.69) is 24.7 Å². The third-order valence-corrected chi connectivity index (χ3v) is 1.92. The van der Waals surface area contributed by atoms with Crippen molar-refractivity contribution in [1.29, 1.82) is 0 Å². The van der Waals surface area contributed by atoms with E-state index >= 15 is 0 Å². The maximum absolute atomic E-state index is 8.42. The molecule has 2 unspecified atom stereocenters. The minimum absolute atomic E-state index is 0.187. The van der Waals surface area contributed by atoms with Crippen LogP contribution in [0.15, 0.2) is 43.0 Å². The number of hydrogen-bond donors (Lipinski definition) is 1. The quantitative estimate of drug-likeness (QED) is 0.675. The summed E-state index contributed by atoms with van der Waals surface area (Å²) in [5.74, 6) is 0. The minimum Gasteiger partial charge on any atom is -0.343 e. The van der Waals surface area contributed by atoms with E-state index < -0.39 is 12.3 Å². The maximum Gasteiger partial charge on any atom is 0.126 e. The monoisotopic (exact) mass is 208 g/mol. The molecule has 1 aliphatic heterocycles. The number of aliphatic imine (C=N–C) groups is 1. The van der Waals surface area contributed by atoms with E-state index in [1.165, 1.54) is 12.4 Å². The molecule has 0 bridgehead atoms. The van der Waals surface area contributed by atoms with Crippen molar-refractivity contribution in [3.63, 3.8) is 0 Å². The maximum atomic E-state index is 8.42. The van der Waals surface area contributed by atoms with E-state index in [-0.39, 0.29) is 12.8 Å². The van der Waals surface area contributed by atoms with Crippen LogP contribution >= 0.6 is 0 Å². The highest BCUT2D eigenvalue weighted by atomic mass is 15.3. The zero-order valence-corrected chi connectivity index (χ0v) is 8.89. The van der Waals surface area contributed by atoms with Crippen molar-refractivity contribution < 1.29 is 4.15 Å². The second kappa shape index (κ2) is 6.19. The Labute approximate surface area is 96.2 Å². The summed E-state index contributed by atoms with van der Waals surface area (Å²) < 4.78 is 24.6. The zero-order chi connectivity index (χ0) is 13.8. The van der Waals surface area contributed by atoms with Crippen LogP contribution in [0.4, 0.5) is 0 Å².